The van der Waals surface area contributed by atoms with Crippen LogP contribution in [0.15, 0.2) is 24.3 Å². The standard InChI is InChI=1S/C13H20N2O3/c1-4-18-9-10(2)14-11-5-7-12(8-6-11)15-13(16)17-3/h5-8,10,14H,4,9H2,1-3H3,(H,15,16). The van der Waals surface area contributed by atoms with Crippen LogP contribution in [0.1, 0.15) is 13.8 Å². The van der Waals surface area contributed by atoms with Gasteiger partial charge in [-0.1, -0.05) is 0 Å². The fraction of sp³-hybridized carbons (Fsp3) is 0.462. The summed E-state index contributed by atoms with van der Waals surface area (Å²) in [6.45, 7) is 5.41. The van der Waals surface area contributed by atoms with Crippen LogP contribution < -0.4 is 10.6 Å². The van der Waals surface area contributed by atoms with Gasteiger partial charge < -0.3 is 14.8 Å². The topological polar surface area (TPSA) is 59.6 Å². The molecule has 1 aromatic rings. The van der Waals surface area contributed by atoms with E-state index in [9.17, 15) is 4.79 Å². The first-order chi connectivity index (χ1) is 8.65. The summed E-state index contributed by atoms with van der Waals surface area (Å²) in [4.78, 5) is 11.0. The number of carbonyl (C=O) groups excluding carboxylic acids is 1. The highest BCUT2D eigenvalue weighted by Gasteiger charge is 2.03. The third-order valence-corrected chi connectivity index (χ3v) is 2.30. The van der Waals surface area contributed by atoms with E-state index in [0.29, 0.717) is 18.9 Å². The molecule has 0 radical (unpaired) electrons. The number of amides is 1. The van der Waals surface area contributed by atoms with Gasteiger partial charge in [0.2, 0.25) is 0 Å². The van der Waals surface area contributed by atoms with E-state index in [2.05, 4.69) is 22.3 Å². The van der Waals surface area contributed by atoms with Crippen LogP contribution in [0.3, 0.4) is 0 Å². The van der Waals surface area contributed by atoms with Gasteiger partial charge in [0.15, 0.2) is 0 Å². The summed E-state index contributed by atoms with van der Waals surface area (Å²) in [5.74, 6) is 0. The molecule has 0 aliphatic rings. The Kier molecular flexibility index (Phi) is 6.00. The molecule has 0 fully saturated rings. The van der Waals surface area contributed by atoms with Crippen LogP contribution in [0, 0.1) is 0 Å². The molecule has 1 aromatic carbocycles. The zero-order valence-electron chi connectivity index (χ0n) is 11.0. The smallest absolute Gasteiger partial charge is 0.411 e. The van der Waals surface area contributed by atoms with E-state index in [4.69, 9.17) is 4.74 Å². The minimum Gasteiger partial charge on any atom is -0.453 e. The van der Waals surface area contributed by atoms with Gasteiger partial charge in [-0.25, -0.2) is 4.79 Å². The SMILES string of the molecule is CCOCC(C)Nc1ccc(NC(=O)OC)cc1. The van der Waals surface area contributed by atoms with Gasteiger partial charge in [0.05, 0.1) is 13.7 Å². The molecule has 5 nitrogen and oxygen atoms in total. The quantitative estimate of drug-likeness (QED) is 0.817. The van der Waals surface area contributed by atoms with Crippen LogP contribution >= 0.6 is 0 Å². The third-order valence-electron chi connectivity index (χ3n) is 2.30. The third kappa shape index (κ3) is 5.05. The Morgan fingerprint density at radius 2 is 1.89 bits per heavy atom. The summed E-state index contributed by atoms with van der Waals surface area (Å²) >= 11 is 0. The van der Waals surface area contributed by atoms with Crippen molar-refractivity contribution in [2.45, 2.75) is 19.9 Å². The highest BCUT2D eigenvalue weighted by Crippen LogP contribution is 2.14. The Balaban J connectivity index is 2.47. The molecule has 5 heteroatoms. The molecule has 0 aliphatic heterocycles. The number of rotatable bonds is 6. The Morgan fingerprint density at radius 1 is 1.28 bits per heavy atom. The van der Waals surface area contributed by atoms with Crippen molar-refractivity contribution in [3.63, 3.8) is 0 Å². The lowest BCUT2D eigenvalue weighted by Gasteiger charge is -2.15. The maximum Gasteiger partial charge on any atom is 0.411 e. The van der Waals surface area contributed by atoms with Crippen LogP contribution in [0.2, 0.25) is 0 Å². The molecule has 1 amide bonds. The second kappa shape index (κ2) is 7.55. The van der Waals surface area contributed by atoms with Crippen LogP contribution in [0.4, 0.5) is 16.2 Å². The van der Waals surface area contributed by atoms with Crippen molar-refractivity contribution in [2.24, 2.45) is 0 Å². The van der Waals surface area contributed by atoms with Crippen LogP contribution in [-0.4, -0.2) is 32.5 Å². The van der Waals surface area contributed by atoms with E-state index in [0.717, 1.165) is 5.69 Å². The van der Waals surface area contributed by atoms with Gasteiger partial charge in [-0.3, -0.25) is 5.32 Å². The summed E-state index contributed by atoms with van der Waals surface area (Å²) in [6.07, 6.45) is -0.472. The van der Waals surface area contributed by atoms with Gasteiger partial charge in [0.25, 0.3) is 0 Å². The van der Waals surface area contributed by atoms with E-state index in [1.54, 1.807) is 0 Å². The van der Waals surface area contributed by atoms with Crippen molar-refractivity contribution >= 4 is 17.5 Å². The average Bonchev–Trinajstić information content (AvgIpc) is 2.38. The molecule has 18 heavy (non-hydrogen) atoms. The molecule has 2 N–H and O–H groups in total. The molecular formula is C13H20N2O3. The first-order valence-electron chi connectivity index (χ1n) is 5.95. The molecular weight excluding hydrogens is 232 g/mol. The molecule has 0 aromatic heterocycles. The first kappa shape index (κ1) is 14.3. The number of carbonyl (C=O) groups is 1. The molecule has 0 saturated carbocycles. The van der Waals surface area contributed by atoms with Gasteiger partial charge >= 0.3 is 6.09 Å². The maximum absolute atomic E-state index is 11.0. The van der Waals surface area contributed by atoms with Crippen LogP contribution in [-0.2, 0) is 9.47 Å². The highest BCUT2D eigenvalue weighted by molar-refractivity contribution is 5.84. The highest BCUT2D eigenvalue weighted by atomic mass is 16.5. The Bertz CT molecular complexity index is 365. The second-order valence-electron chi connectivity index (χ2n) is 3.90. The van der Waals surface area contributed by atoms with Crippen molar-refractivity contribution in [1.29, 1.82) is 0 Å². The Morgan fingerprint density at radius 3 is 2.44 bits per heavy atom. The number of hydrogen-bond donors (Lipinski definition) is 2. The Hall–Kier alpha value is -1.75. The van der Waals surface area contributed by atoms with E-state index in [1.165, 1.54) is 7.11 Å². The van der Waals surface area contributed by atoms with Crippen molar-refractivity contribution in [3.05, 3.63) is 24.3 Å². The fourth-order valence-corrected chi connectivity index (χ4v) is 1.44. The van der Waals surface area contributed by atoms with E-state index >= 15 is 0 Å². The molecule has 0 spiro atoms. The van der Waals surface area contributed by atoms with Crippen molar-refractivity contribution in [3.8, 4) is 0 Å². The lowest BCUT2D eigenvalue weighted by Crippen LogP contribution is -2.21. The lowest BCUT2D eigenvalue weighted by atomic mass is 10.2. The number of anilines is 2. The van der Waals surface area contributed by atoms with E-state index in [1.807, 2.05) is 31.2 Å². The number of methoxy groups -OCH3 is 1. The summed E-state index contributed by atoms with van der Waals surface area (Å²) in [5, 5.41) is 5.90. The molecule has 0 heterocycles. The molecule has 1 atom stereocenters. The molecule has 0 saturated heterocycles. The lowest BCUT2D eigenvalue weighted by molar-refractivity contribution is 0.141. The van der Waals surface area contributed by atoms with Crippen molar-refractivity contribution < 1.29 is 14.3 Å². The minimum absolute atomic E-state index is 0.240. The first-order valence-corrected chi connectivity index (χ1v) is 5.95. The number of ether oxygens (including phenoxy) is 2. The van der Waals surface area contributed by atoms with E-state index in [-0.39, 0.29) is 6.04 Å². The molecule has 100 valence electrons. The predicted octanol–water partition coefficient (Wildman–Crippen LogP) is 2.70. The summed E-state index contributed by atoms with van der Waals surface area (Å²) < 4.78 is 9.83. The number of hydrogen-bond acceptors (Lipinski definition) is 4. The number of nitrogens with one attached hydrogen (secondary N) is 2. The predicted molar refractivity (Wildman–Crippen MR) is 72.0 cm³/mol. The molecule has 0 bridgehead atoms. The molecule has 0 aliphatic carbocycles. The zero-order valence-corrected chi connectivity index (χ0v) is 11.0. The minimum atomic E-state index is -0.472. The van der Waals surface area contributed by atoms with E-state index < -0.39 is 6.09 Å². The van der Waals surface area contributed by atoms with Crippen LogP contribution in [0.5, 0.6) is 0 Å². The van der Waals surface area contributed by atoms with Crippen LogP contribution in [0.25, 0.3) is 0 Å². The summed E-state index contributed by atoms with van der Waals surface area (Å²) in [7, 11) is 1.33. The number of benzene rings is 1. The fourth-order valence-electron chi connectivity index (χ4n) is 1.44. The van der Waals surface area contributed by atoms with Gasteiger partial charge in [-0.15, -0.1) is 0 Å². The van der Waals surface area contributed by atoms with Gasteiger partial charge in [-0.2, -0.15) is 0 Å². The molecule has 1 unspecified atom stereocenters. The monoisotopic (exact) mass is 252 g/mol. The van der Waals surface area contributed by atoms with Gasteiger partial charge in [0.1, 0.15) is 0 Å². The van der Waals surface area contributed by atoms with Crippen molar-refractivity contribution in [2.75, 3.05) is 31.0 Å². The van der Waals surface area contributed by atoms with Crippen molar-refractivity contribution in [1.82, 2.24) is 0 Å². The molecule has 1 rings (SSSR count). The normalized spacial score (nSPS) is 11.7. The van der Waals surface area contributed by atoms with Gasteiger partial charge in [-0.05, 0) is 38.1 Å². The Labute approximate surface area is 107 Å². The largest absolute Gasteiger partial charge is 0.453 e. The summed E-state index contributed by atoms with van der Waals surface area (Å²) in [5.41, 5.74) is 1.68. The second-order valence-corrected chi connectivity index (χ2v) is 3.90. The average molecular weight is 252 g/mol. The maximum atomic E-state index is 11.0. The summed E-state index contributed by atoms with van der Waals surface area (Å²) in [6, 6.07) is 7.66. The van der Waals surface area contributed by atoms with Gasteiger partial charge in [0, 0.05) is 24.0 Å². The zero-order chi connectivity index (χ0) is 13.4.